The van der Waals surface area contributed by atoms with Crippen molar-refractivity contribution in [2.45, 2.75) is 52.0 Å². The van der Waals surface area contributed by atoms with E-state index in [4.69, 9.17) is 5.11 Å². The molecule has 0 aromatic carbocycles. The van der Waals surface area contributed by atoms with E-state index in [1.54, 1.807) is 0 Å². The molecule has 1 saturated heterocycles. The number of carboxylic acid groups (broad SMARTS) is 1. The minimum Gasteiger partial charge on any atom is -0.481 e. The SMILES string of the molecule is CC(C)C1CCCN1C(=O)C1CCC(C(=O)O)C1. The highest BCUT2D eigenvalue weighted by atomic mass is 16.4. The Morgan fingerprint density at radius 1 is 1.17 bits per heavy atom. The lowest BCUT2D eigenvalue weighted by Gasteiger charge is -2.30. The van der Waals surface area contributed by atoms with Crippen LogP contribution >= 0.6 is 0 Å². The molecule has 102 valence electrons. The van der Waals surface area contributed by atoms with Gasteiger partial charge in [0.25, 0.3) is 0 Å². The maximum atomic E-state index is 12.5. The number of carboxylic acids is 1. The van der Waals surface area contributed by atoms with Gasteiger partial charge in [0.1, 0.15) is 0 Å². The van der Waals surface area contributed by atoms with Gasteiger partial charge in [-0.1, -0.05) is 13.8 Å². The molecule has 2 aliphatic rings. The van der Waals surface area contributed by atoms with Crippen LogP contribution in [0.3, 0.4) is 0 Å². The fourth-order valence-electron chi connectivity index (χ4n) is 3.42. The van der Waals surface area contributed by atoms with E-state index in [-0.39, 0.29) is 17.7 Å². The first kappa shape index (κ1) is 13.4. The average Bonchev–Trinajstić information content (AvgIpc) is 2.97. The van der Waals surface area contributed by atoms with E-state index in [0.717, 1.165) is 25.8 Å². The summed E-state index contributed by atoms with van der Waals surface area (Å²) in [5, 5.41) is 8.99. The van der Waals surface area contributed by atoms with Crippen molar-refractivity contribution in [3.63, 3.8) is 0 Å². The summed E-state index contributed by atoms with van der Waals surface area (Å²) in [7, 11) is 0. The van der Waals surface area contributed by atoms with Crippen molar-refractivity contribution in [1.29, 1.82) is 0 Å². The van der Waals surface area contributed by atoms with Crippen LogP contribution in [-0.2, 0) is 9.59 Å². The molecule has 4 nitrogen and oxygen atoms in total. The molecular formula is C14H23NO3. The smallest absolute Gasteiger partial charge is 0.306 e. The van der Waals surface area contributed by atoms with Crippen LogP contribution in [0.25, 0.3) is 0 Å². The molecule has 1 heterocycles. The maximum absolute atomic E-state index is 12.5. The van der Waals surface area contributed by atoms with E-state index in [9.17, 15) is 9.59 Å². The summed E-state index contributed by atoms with van der Waals surface area (Å²) >= 11 is 0. The first-order valence-corrected chi connectivity index (χ1v) is 7.04. The predicted molar refractivity (Wildman–Crippen MR) is 68.0 cm³/mol. The Labute approximate surface area is 108 Å². The van der Waals surface area contributed by atoms with Crippen molar-refractivity contribution in [1.82, 2.24) is 4.90 Å². The zero-order valence-electron chi connectivity index (χ0n) is 11.3. The lowest BCUT2D eigenvalue weighted by atomic mass is 9.99. The van der Waals surface area contributed by atoms with E-state index in [2.05, 4.69) is 13.8 Å². The second kappa shape index (κ2) is 5.29. The molecule has 18 heavy (non-hydrogen) atoms. The largest absolute Gasteiger partial charge is 0.481 e. The summed E-state index contributed by atoms with van der Waals surface area (Å²) in [6.45, 7) is 5.17. The van der Waals surface area contributed by atoms with Gasteiger partial charge in [0, 0.05) is 18.5 Å². The van der Waals surface area contributed by atoms with Gasteiger partial charge < -0.3 is 10.0 Å². The van der Waals surface area contributed by atoms with Gasteiger partial charge >= 0.3 is 5.97 Å². The summed E-state index contributed by atoms with van der Waals surface area (Å²) < 4.78 is 0. The average molecular weight is 253 g/mol. The van der Waals surface area contributed by atoms with Gasteiger partial charge in [0.15, 0.2) is 0 Å². The molecule has 0 bridgehead atoms. The molecule has 1 saturated carbocycles. The van der Waals surface area contributed by atoms with Crippen LogP contribution in [0.2, 0.25) is 0 Å². The van der Waals surface area contributed by atoms with Crippen molar-refractivity contribution in [3.05, 3.63) is 0 Å². The van der Waals surface area contributed by atoms with Crippen molar-refractivity contribution < 1.29 is 14.7 Å². The fraction of sp³-hybridized carbons (Fsp3) is 0.857. The van der Waals surface area contributed by atoms with Gasteiger partial charge in [-0.3, -0.25) is 9.59 Å². The van der Waals surface area contributed by atoms with E-state index in [1.807, 2.05) is 4.90 Å². The van der Waals surface area contributed by atoms with Crippen LogP contribution in [-0.4, -0.2) is 34.5 Å². The van der Waals surface area contributed by atoms with Crippen molar-refractivity contribution in [2.75, 3.05) is 6.54 Å². The van der Waals surface area contributed by atoms with Crippen LogP contribution < -0.4 is 0 Å². The molecule has 4 heteroatoms. The van der Waals surface area contributed by atoms with E-state index in [1.165, 1.54) is 0 Å². The first-order chi connectivity index (χ1) is 8.50. The Hall–Kier alpha value is -1.06. The molecule has 1 aliphatic heterocycles. The van der Waals surface area contributed by atoms with Gasteiger partial charge in [-0.15, -0.1) is 0 Å². The lowest BCUT2D eigenvalue weighted by molar-refractivity contribution is -0.141. The summed E-state index contributed by atoms with van der Waals surface area (Å²) in [6, 6.07) is 0.362. The zero-order chi connectivity index (χ0) is 13.3. The first-order valence-electron chi connectivity index (χ1n) is 7.04. The highest BCUT2D eigenvalue weighted by molar-refractivity contribution is 5.81. The number of hydrogen-bond acceptors (Lipinski definition) is 2. The summed E-state index contributed by atoms with van der Waals surface area (Å²) in [5.74, 6) is -0.403. The second-order valence-electron chi connectivity index (χ2n) is 6.03. The summed E-state index contributed by atoms with van der Waals surface area (Å²) in [5.41, 5.74) is 0. The number of nitrogens with zero attached hydrogens (tertiary/aromatic N) is 1. The van der Waals surface area contributed by atoms with Crippen LogP contribution in [0.1, 0.15) is 46.0 Å². The topological polar surface area (TPSA) is 57.6 Å². The molecule has 0 radical (unpaired) electrons. The minimum atomic E-state index is -0.743. The molecule has 0 spiro atoms. The van der Waals surface area contributed by atoms with E-state index >= 15 is 0 Å². The molecule has 1 amide bonds. The van der Waals surface area contributed by atoms with E-state index < -0.39 is 5.97 Å². The van der Waals surface area contributed by atoms with Crippen LogP contribution in [0, 0.1) is 17.8 Å². The van der Waals surface area contributed by atoms with Gasteiger partial charge in [-0.2, -0.15) is 0 Å². The molecule has 0 aromatic rings. The second-order valence-corrected chi connectivity index (χ2v) is 6.03. The molecule has 3 unspecified atom stereocenters. The van der Waals surface area contributed by atoms with E-state index in [0.29, 0.717) is 24.8 Å². The number of carbonyl (C=O) groups excluding carboxylic acids is 1. The number of likely N-dealkylation sites (tertiary alicyclic amines) is 1. The Balaban J connectivity index is 1.98. The lowest BCUT2D eigenvalue weighted by Crippen LogP contribution is -2.41. The molecule has 1 N–H and O–H groups in total. The third-order valence-electron chi connectivity index (χ3n) is 4.48. The third-order valence-corrected chi connectivity index (χ3v) is 4.48. The van der Waals surface area contributed by atoms with Gasteiger partial charge in [0.2, 0.25) is 5.91 Å². The fourth-order valence-corrected chi connectivity index (χ4v) is 3.42. The van der Waals surface area contributed by atoms with Crippen molar-refractivity contribution >= 4 is 11.9 Å². The normalized spacial score (nSPS) is 32.2. The Morgan fingerprint density at radius 3 is 2.39 bits per heavy atom. The Morgan fingerprint density at radius 2 is 1.83 bits per heavy atom. The highest BCUT2D eigenvalue weighted by Gasteiger charge is 2.39. The summed E-state index contributed by atoms with van der Waals surface area (Å²) in [4.78, 5) is 25.4. The van der Waals surface area contributed by atoms with Crippen molar-refractivity contribution in [2.24, 2.45) is 17.8 Å². The Kier molecular flexibility index (Phi) is 3.93. The monoisotopic (exact) mass is 253 g/mol. The quantitative estimate of drug-likeness (QED) is 0.838. The molecule has 3 atom stereocenters. The zero-order valence-corrected chi connectivity index (χ0v) is 11.3. The molecule has 1 aliphatic carbocycles. The molecular weight excluding hydrogens is 230 g/mol. The number of carbonyl (C=O) groups is 2. The Bertz CT molecular complexity index is 340. The molecule has 0 aromatic heterocycles. The molecule has 2 rings (SSSR count). The van der Waals surface area contributed by atoms with Crippen molar-refractivity contribution in [3.8, 4) is 0 Å². The molecule has 2 fully saturated rings. The number of rotatable bonds is 3. The number of amides is 1. The third kappa shape index (κ3) is 2.52. The van der Waals surface area contributed by atoms with Crippen LogP contribution in [0.5, 0.6) is 0 Å². The van der Waals surface area contributed by atoms with Crippen LogP contribution in [0.15, 0.2) is 0 Å². The number of hydrogen-bond donors (Lipinski definition) is 1. The van der Waals surface area contributed by atoms with Gasteiger partial charge in [-0.25, -0.2) is 0 Å². The highest BCUT2D eigenvalue weighted by Crippen LogP contribution is 2.35. The predicted octanol–water partition coefficient (Wildman–Crippen LogP) is 2.13. The van der Waals surface area contributed by atoms with Crippen LogP contribution in [0.4, 0.5) is 0 Å². The van der Waals surface area contributed by atoms with Gasteiger partial charge in [0.05, 0.1) is 5.92 Å². The maximum Gasteiger partial charge on any atom is 0.306 e. The standard InChI is InChI=1S/C14H23NO3/c1-9(2)12-4-3-7-15(12)13(16)10-5-6-11(8-10)14(17)18/h9-12H,3-8H2,1-2H3,(H,17,18). The summed E-state index contributed by atoms with van der Waals surface area (Å²) in [6.07, 6.45) is 4.13. The number of aliphatic carboxylic acids is 1. The minimum absolute atomic E-state index is 0.0505. The van der Waals surface area contributed by atoms with Gasteiger partial charge in [-0.05, 0) is 38.0 Å².